The van der Waals surface area contributed by atoms with Crippen LogP contribution < -0.4 is 4.90 Å². The van der Waals surface area contributed by atoms with E-state index in [0.717, 1.165) is 48.6 Å². The minimum atomic E-state index is -0.647. The molecular weight excluding hydrogens is 370 g/mol. The summed E-state index contributed by atoms with van der Waals surface area (Å²) in [5, 5.41) is 0. The number of nitrogens with zero attached hydrogens (tertiary/aromatic N) is 3. The molecule has 0 aromatic heterocycles. The van der Waals surface area contributed by atoms with Crippen molar-refractivity contribution >= 4 is 11.6 Å². The number of likely N-dealkylation sites (N-methyl/N-ethyl adjacent to an activating group) is 1. The summed E-state index contributed by atoms with van der Waals surface area (Å²) in [5.41, 5.74) is 4.48. The number of rotatable bonds is 3. The SMILES string of the molecule is Cc1ccc(N2C(=O)c3ccccc3C2(c2ccccc2)N2CCN(C)CC2)cc1. The molecule has 4 nitrogen and oxygen atoms in total. The van der Waals surface area contributed by atoms with Gasteiger partial charge in [-0.3, -0.25) is 14.6 Å². The van der Waals surface area contributed by atoms with Crippen LogP contribution in [0.5, 0.6) is 0 Å². The van der Waals surface area contributed by atoms with E-state index >= 15 is 0 Å². The van der Waals surface area contributed by atoms with Crippen LogP contribution in [-0.2, 0) is 5.66 Å². The van der Waals surface area contributed by atoms with Gasteiger partial charge in [0.05, 0.1) is 0 Å². The summed E-state index contributed by atoms with van der Waals surface area (Å²) in [6.45, 7) is 5.83. The van der Waals surface area contributed by atoms with Crippen LogP contribution in [0.1, 0.15) is 27.0 Å². The van der Waals surface area contributed by atoms with Crippen LogP contribution in [0.3, 0.4) is 0 Å². The molecule has 3 aromatic rings. The second-order valence-corrected chi connectivity index (χ2v) is 8.35. The highest BCUT2D eigenvalue weighted by Crippen LogP contribution is 2.49. The van der Waals surface area contributed by atoms with Gasteiger partial charge in [-0.1, -0.05) is 66.2 Å². The Hall–Kier alpha value is -2.95. The van der Waals surface area contributed by atoms with Gasteiger partial charge in [-0.2, -0.15) is 0 Å². The predicted octanol–water partition coefficient (Wildman–Crippen LogP) is 4.10. The molecule has 30 heavy (non-hydrogen) atoms. The number of anilines is 1. The molecule has 2 aliphatic heterocycles. The lowest BCUT2D eigenvalue weighted by atomic mass is 9.88. The van der Waals surface area contributed by atoms with Gasteiger partial charge in [0.25, 0.3) is 5.91 Å². The molecule has 152 valence electrons. The fourth-order valence-electron chi connectivity index (χ4n) is 4.94. The van der Waals surface area contributed by atoms with Gasteiger partial charge in [0.15, 0.2) is 5.66 Å². The van der Waals surface area contributed by atoms with Crippen LogP contribution in [0.25, 0.3) is 0 Å². The number of aryl methyl sites for hydroxylation is 1. The van der Waals surface area contributed by atoms with E-state index in [1.165, 1.54) is 5.56 Å². The second-order valence-electron chi connectivity index (χ2n) is 8.35. The zero-order valence-electron chi connectivity index (χ0n) is 17.6. The zero-order valence-corrected chi connectivity index (χ0v) is 17.6. The van der Waals surface area contributed by atoms with Crippen molar-refractivity contribution in [1.29, 1.82) is 0 Å². The molecule has 0 saturated carbocycles. The van der Waals surface area contributed by atoms with Crippen molar-refractivity contribution in [3.8, 4) is 0 Å². The Morgan fingerprint density at radius 2 is 1.40 bits per heavy atom. The summed E-state index contributed by atoms with van der Waals surface area (Å²) >= 11 is 0. The van der Waals surface area contributed by atoms with Gasteiger partial charge in [0.1, 0.15) is 0 Å². The summed E-state index contributed by atoms with van der Waals surface area (Å²) in [6.07, 6.45) is 0. The third kappa shape index (κ3) is 2.79. The number of hydrogen-bond donors (Lipinski definition) is 0. The van der Waals surface area contributed by atoms with Gasteiger partial charge >= 0.3 is 0 Å². The van der Waals surface area contributed by atoms with Crippen LogP contribution >= 0.6 is 0 Å². The number of carbonyl (C=O) groups is 1. The molecule has 0 aliphatic carbocycles. The monoisotopic (exact) mass is 397 g/mol. The van der Waals surface area contributed by atoms with Crippen molar-refractivity contribution in [3.63, 3.8) is 0 Å². The molecule has 0 spiro atoms. The Bertz CT molecular complexity index is 1060. The first-order valence-electron chi connectivity index (χ1n) is 10.6. The van der Waals surface area contributed by atoms with Crippen molar-refractivity contribution in [3.05, 3.63) is 101 Å². The van der Waals surface area contributed by atoms with Crippen LogP contribution in [0, 0.1) is 6.92 Å². The summed E-state index contributed by atoms with van der Waals surface area (Å²) in [6, 6.07) is 27.0. The molecule has 0 N–H and O–H groups in total. The molecule has 4 heteroatoms. The highest BCUT2D eigenvalue weighted by molar-refractivity contribution is 6.12. The number of piperazine rings is 1. The van der Waals surface area contributed by atoms with Crippen molar-refractivity contribution in [1.82, 2.24) is 9.80 Å². The largest absolute Gasteiger partial charge is 0.304 e. The fraction of sp³-hybridized carbons (Fsp3) is 0.269. The molecule has 1 amide bonds. The number of carbonyl (C=O) groups excluding carboxylic acids is 1. The lowest BCUT2D eigenvalue weighted by Crippen LogP contribution is -2.62. The first-order valence-corrected chi connectivity index (χ1v) is 10.6. The lowest BCUT2D eigenvalue weighted by Gasteiger charge is -2.50. The smallest absolute Gasteiger partial charge is 0.260 e. The van der Waals surface area contributed by atoms with E-state index < -0.39 is 5.66 Å². The molecule has 0 radical (unpaired) electrons. The number of amides is 1. The maximum atomic E-state index is 13.9. The van der Waals surface area contributed by atoms with E-state index in [1.807, 2.05) is 23.1 Å². The zero-order chi connectivity index (χ0) is 20.7. The molecule has 1 unspecified atom stereocenters. The van der Waals surface area contributed by atoms with E-state index in [0.29, 0.717) is 0 Å². The summed E-state index contributed by atoms with van der Waals surface area (Å²) in [4.78, 5) is 20.7. The van der Waals surface area contributed by atoms with Gasteiger partial charge in [0, 0.05) is 43.0 Å². The van der Waals surface area contributed by atoms with Gasteiger partial charge in [0.2, 0.25) is 0 Å². The lowest BCUT2D eigenvalue weighted by molar-refractivity contribution is 0.0597. The molecular formula is C26H27N3O. The molecule has 1 saturated heterocycles. The summed E-state index contributed by atoms with van der Waals surface area (Å²) in [7, 11) is 2.16. The summed E-state index contributed by atoms with van der Waals surface area (Å²) < 4.78 is 0. The Morgan fingerprint density at radius 1 is 0.767 bits per heavy atom. The van der Waals surface area contributed by atoms with E-state index in [2.05, 4.69) is 84.4 Å². The van der Waals surface area contributed by atoms with E-state index in [1.54, 1.807) is 0 Å². The van der Waals surface area contributed by atoms with Gasteiger partial charge in [-0.15, -0.1) is 0 Å². The first-order chi connectivity index (χ1) is 14.6. The third-order valence-corrected chi connectivity index (χ3v) is 6.49. The van der Waals surface area contributed by atoms with Crippen LogP contribution in [0.15, 0.2) is 78.9 Å². The van der Waals surface area contributed by atoms with Crippen LogP contribution in [0.4, 0.5) is 5.69 Å². The minimum absolute atomic E-state index is 0.0669. The first kappa shape index (κ1) is 19.0. The molecule has 5 rings (SSSR count). The van der Waals surface area contributed by atoms with Crippen molar-refractivity contribution < 1.29 is 4.79 Å². The van der Waals surface area contributed by atoms with Crippen LogP contribution in [-0.4, -0.2) is 48.9 Å². The Kier molecular flexibility index (Phi) is 4.69. The van der Waals surface area contributed by atoms with Crippen LogP contribution in [0.2, 0.25) is 0 Å². The highest BCUT2D eigenvalue weighted by Gasteiger charge is 2.55. The quantitative estimate of drug-likeness (QED) is 0.666. The van der Waals surface area contributed by atoms with Gasteiger partial charge in [-0.05, 0) is 37.7 Å². The van der Waals surface area contributed by atoms with Gasteiger partial charge < -0.3 is 4.90 Å². The standard InChI is InChI=1S/C26H27N3O/c1-20-12-14-22(15-13-20)29-25(30)23-10-6-7-11-24(23)26(29,21-8-4-3-5-9-21)28-18-16-27(2)17-19-28/h3-15H,16-19H2,1-2H3. The molecule has 2 heterocycles. The number of hydrogen-bond acceptors (Lipinski definition) is 3. The molecule has 1 fully saturated rings. The number of fused-ring (bicyclic) bond motifs is 1. The number of benzene rings is 3. The van der Waals surface area contributed by atoms with Crippen molar-refractivity contribution in [2.45, 2.75) is 12.6 Å². The maximum Gasteiger partial charge on any atom is 0.260 e. The van der Waals surface area contributed by atoms with E-state index in [-0.39, 0.29) is 5.91 Å². The van der Waals surface area contributed by atoms with E-state index in [4.69, 9.17) is 0 Å². The molecule has 0 bridgehead atoms. The van der Waals surface area contributed by atoms with E-state index in [9.17, 15) is 4.79 Å². The third-order valence-electron chi connectivity index (χ3n) is 6.49. The Balaban J connectivity index is 1.80. The fourth-order valence-corrected chi connectivity index (χ4v) is 4.94. The Morgan fingerprint density at radius 3 is 2.10 bits per heavy atom. The average Bonchev–Trinajstić information content (AvgIpc) is 3.05. The highest BCUT2D eigenvalue weighted by atomic mass is 16.2. The molecule has 1 atom stereocenters. The normalized spacial score (nSPS) is 22.3. The second kappa shape index (κ2) is 7.38. The average molecular weight is 398 g/mol. The van der Waals surface area contributed by atoms with Crippen molar-refractivity contribution in [2.24, 2.45) is 0 Å². The maximum absolute atomic E-state index is 13.9. The van der Waals surface area contributed by atoms with Gasteiger partial charge in [-0.25, -0.2) is 0 Å². The summed E-state index contributed by atoms with van der Waals surface area (Å²) in [5.74, 6) is 0.0669. The predicted molar refractivity (Wildman–Crippen MR) is 121 cm³/mol. The Labute approximate surface area is 178 Å². The molecule has 3 aromatic carbocycles. The minimum Gasteiger partial charge on any atom is -0.304 e. The topological polar surface area (TPSA) is 26.8 Å². The molecule has 2 aliphatic rings. The van der Waals surface area contributed by atoms with Crippen molar-refractivity contribution in [2.75, 3.05) is 38.1 Å².